The predicted octanol–water partition coefficient (Wildman–Crippen LogP) is 2.64. The molecule has 0 bridgehead atoms. The molecule has 1 aromatic carbocycles. The molecule has 1 atom stereocenters. The molecule has 1 aliphatic heterocycles. The smallest absolute Gasteiger partial charge is 0.159 e. The van der Waals surface area contributed by atoms with Crippen LogP contribution in [0.1, 0.15) is 30.1 Å². The standard InChI is InChI=1S/C14H18FNO2/c1-10(17)11-5-6-14(13(15)8-11)16(2)9-12-4-3-7-18-12/h5-6,8,12H,3-4,7,9H2,1-2H3. The zero-order valence-electron chi connectivity index (χ0n) is 10.8. The Bertz CT molecular complexity index is 441. The van der Waals surface area contributed by atoms with Gasteiger partial charge in [0.15, 0.2) is 5.78 Å². The van der Waals surface area contributed by atoms with Gasteiger partial charge < -0.3 is 9.64 Å². The fourth-order valence-electron chi connectivity index (χ4n) is 2.23. The van der Waals surface area contributed by atoms with Gasteiger partial charge in [0.2, 0.25) is 0 Å². The van der Waals surface area contributed by atoms with Gasteiger partial charge in [0.05, 0.1) is 11.8 Å². The van der Waals surface area contributed by atoms with Crippen LogP contribution < -0.4 is 4.90 Å². The average Bonchev–Trinajstić information content (AvgIpc) is 2.81. The highest BCUT2D eigenvalue weighted by atomic mass is 19.1. The third-order valence-electron chi connectivity index (χ3n) is 3.27. The van der Waals surface area contributed by atoms with Crippen molar-refractivity contribution < 1.29 is 13.9 Å². The molecule has 1 heterocycles. The first-order valence-electron chi connectivity index (χ1n) is 6.21. The first kappa shape index (κ1) is 13.0. The lowest BCUT2D eigenvalue weighted by Crippen LogP contribution is -2.29. The summed E-state index contributed by atoms with van der Waals surface area (Å²) in [4.78, 5) is 13.0. The zero-order chi connectivity index (χ0) is 13.1. The molecule has 1 aliphatic rings. The quantitative estimate of drug-likeness (QED) is 0.770. The van der Waals surface area contributed by atoms with Crippen LogP contribution in [-0.2, 0) is 4.74 Å². The Hall–Kier alpha value is -1.42. The van der Waals surface area contributed by atoms with Gasteiger partial charge in [-0.25, -0.2) is 4.39 Å². The Morgan fingerprint density at radius 3 is 2.89 bits per heavy atom. The van der Waals surface area contributed by atoms with Crippen molar-refractivity contribution in [3.8, 4) is 0 Å². The molecule has 18 heavy (non-hydrogen) atoms. The second kappa shape index (κ2) is 5.48. The molecule has 3 nitrogen and oxygen atoms in total. The van der Waals surface area contributed by atoms with Crippen molar-refractivity contribution in [3.05, 3.63) is 29.6 Å². The SMILES string of the molecule is CC(=O)c1ccc(N(C)CC2CCCO2)c(F)c1. The Labute approximate surface area is 107 Å². The summed E-state index contributed by atoms with van der Waals surface area (Å²) in [6.07, 6.45) is 2.28. The molecule has 1 unspecified atom stereocenters. The number of ketones is 1. The first-order chi connectivity index (χ1) is 8.58. The molecule has 1 saturated heterocycles. The number of rotatable bonds is 4. The van der Waals surface area contributed by atoms with Crippen LogP contribution in [0.4, 0.5) is 10.1 Å². The highest BCUT2D eigenvalue weighted by Gasteiger charge is 2.19. The molecular weight excluding hydrogens is 233 g/mol. The molecule has 0 saturated carbocycles. The average molecular weight is 251 g/mol. The molecule has 0 N–H and O–H groups in total. The Balaban J connectivity index is 2.09. The van der Waals surface area contributed by atoms with E-state index in [0.717, 1.165) is 19.4 Å². The number of nitrogens with zero attached hydrogens (tertiary/aromatic N) is 1. The van der Waals surface area contributed by atoms with Crippen LogP contribution in [0.2, 0.25) is 0 Å². The van der Waals surface area contributed by atoms with Gasteiger partial charge in [-0.2, -0.15) is 0 Å². The summed E-state index contributed by atoms with van der Waals surface area (Å²) in [5.41, 5.74) is 0.914. The number of benzene rings is 1. The monoisotopic (exact) mass is 251 g/mol. The van der Waals surface area contributed by atoms with Crippen LogP contribution in [0.5, 0.6) is 0 Å². The fourth-order valence-corrected chi connectivity index (χ4v) is 2.23. The van der Waals surface area contributed by atoms with Crippen LogP contribution in [0.15, 0.2) is 18.2 Å². The lowest BCUT2D eigenvalue weighted by Gasteiger charge is -2.23. The Morgan fingerprint density at radius 1 is 1.56 bits per heavy atom. The number of anilines is 1. The number of hydrogen-bond donors (Lipinski definition) is 0. The van der Waals surface area contributed by atoms with Crippen LogP contribution in [-0.4, -0.2) is 32.1 Å². The van der Waals surface area contributed by atoms with E-state index in [1.807, 2.05) is 11.9 Å². The molecule has 0 aliphatic carbocycles. The zero-order valence-corrected chi connectivity index (χ0v) is 10.8. The fraction of sp³-hybridized carbons (Fsp3) is 0.500. The first-order valence-corrected chi connectivity index (χ1v) is 6.21. The normalized spacial score (nSPS) is 18.9. The van der Waals surface area contributed by atoms with E-state index in [9.17, 15) is 9.18 Å². The highest BCUT2D eigenvalue weighted by Crippen LogP contribution is 2.22. The third-order valence-corrected chi connectivity index (χ3v) is 3.27. The number of ether oxygens (including phenoxy) is 1. The van der Waals surface area contributed by atoms with E-state index >= 15 is 0 Å². The molecule has 0 spiro atoms. The maximum absolute atomic E-state index is 13.9. The second-order valence-electron chi connectivity index (χ2n) is 4.74. The summed E-state index contributed by atoms with van der Waals surface area (Å²) in [5.74, 6) is -0.481. The van der Waals surface area contributed by atoms with Crippen molar-refractivity contribution in [2.45, 2.75) is 25.9 Å². The van der Waals surface area contributed by atoms with E-state index in [1.165, 1.54) is 13.0 Å². The Morgan fingerprint density at radius 2 is 2.33 bits per heavy atom. The van der Waals surface area contributed by atoms with Gasteiger partial charge in [-0.15, -0.1) is 0 Å². The molecular formula is C14H18FNO2. The molecule has 0 radical (unpaired) electrons. The summed E-state index contributed by atoms with van der Waals surface area (Å²) in [7, 11) is 1.84. The minimum Gasteiger partial charge on any atom is -0.376 e. The molecule has 2 rings (SSSR count). The van der Waals surface area contributed by atoms with Gasteiger partial charge in [-0.3, -0.25) is 4.79 Å². The van der Waals surface area contributed by atoms with Crippen molar-refractivity contribution in [2.75, 3.05) is 25.1 Å². The number of likely N-dealkylation sites (N-methyl/N-ethyl adjacent to an activating group) is 1. The van der Waals surface area contributed by atoms with Gasteiger partial charge >= 0.3 is 0 Å². The van der Waals surface area contributed by atoms with E-state index in [-0.39, 0.29) is 17.7 Å². The van der Waals surface area contributed by atoms with Gasteiger partial charge in [0.25, 0.3) is 0 Å². The van der Waals surface area contributed by atoms with Crippen molar-refractivity contribution in [3.63, 3.8) is 0 Å². The predicted molar refractivity (Wildman–Crippen MR) is 68.6 cm³/mol. The number of carbonyl (C=O) groups excluding carboxylic acids is 1. The summed E-state index contributed by atoms with van der Waals surface area (Å²) in [6.45, 7) is 2.91. The molecule has 0 aromatic heterocycles. The van der Waals surface area contributed by atoms with Gasteiger partial charge in [-0.1, -0.05) is 0 Å². The van der Waals surface area contributed by atoms with E-state index < -0.39 is 0 Å². The maximum atomic E-state index is 13.9. The maximum Gasteiger partial charge on any atom is 0.159 e. The van der Waals surface area contributed by atoms with Crippen molar-refractivity contribution in [2.24, 2.45) is 0 Å². The minimum atomic E-state index is -0.358. The second-order valence-corrected chi connectivity index (χ2v) is 4.74. The van der Waals surface area contributed by atoms with Crippen LogP contribution >= 0.6 is 0 Å². The lowest BCUT2D eigenvalue weighted by molar-refractivity contribution is 0.101. The molecule has 1 fully saturated rings. The summed E-state index contributed by atoms with van der Waals surface area (Å²) < 4.78 is 19.4. The molecule has 1 aromatic rings. The molecule has 0 amide bonds. The number of carbonyl (C=O) groups is 1. The van der Waals surface area contributed by atoms with E-state index in [1.54, 1.807) is 12.1 Å². The van der Waals surface area contributed by atoms with Crippen molar-refractivity contribution in [1.82, 2.24) is 0 Å². The van der Waals surface area contributed by atoms with E-state index in [2.05, 4.69) is 0 Å². The van der Waals surface area contributed by atoms with Gasteiger partial charge in [-0.05, 0) is 38.0 Å². The molecule has 98 valence electrons. The number of halogens is 1. The van der Waals surface area contributed by atoms with Crippen molar-refractivity contribution in [1.29, 1.82) is 0 Å². The van der Waals surface area contributed by atoms with E-state index in [0.29, 0.717) is 17.8 Å². The minimum absolute atomic E-state index is 0.123. The van der Waals surface area contributed by atoms with Crippen LogP contribution in [0.25, 0.3) is 0 Å². The highest BCUT2D eigenvalue weighted by molar-refractivity contribution is 5.94. The number of Topliss-reactive ketones (excluding diaryl/α,β-unsaturated/α-hetero) is 1. The van der Waals surface area contributed by atoms with E-state index in [4.69, 9.17) is 4.74 Å². The van der Waals surface area contributed by atoms with Crippen molar-refractivity contribution >= 4 is 11.5 Å². The lowest BCUT2D eigenvalue weighted by atomic mass is 10.1. The summed E-state index contributed by atoms with van der Waals surface area (Å²) >= 11 is 0. The van der Waals surface area contributed by atoms with Gasteiger partial charge in [0.1, 0.15) is 5.82 Å². The summed E-state index contributed by atoms with van der Waals surface area (Å²) in [6, 6.07) is 4.61. The third kappa shape index (κ3) is 2.88. The largest absolute Gasteiger partial charge is 0.376 e. The number of hydrogen-bond acceptors (Lipinski definition) is 3. The molecule has 4 heteroatoms. The van der Waals surface area contributed by atoms with Crippen LogP contribution in [0.3, 0.4) is 0 Å². The Kier molecular flexibility index (Phi) is 3.97. The topological polar surface area (TPSA) is 29.5 Å². The van der Waals surface area contributed by atoms with Gasteiger partial charge in [0, 0.05) is 25.8 Å². The summed E-state index contributed by atoms with van der Waals surface area (Å²) in [5, 5.41) is 0. The van der Waals surface area contributed by atoms with Crippen LogP contribution in [0, 0.1) is 5.82 Å².